The van der Waals surface area contributed by atoms with Crippen LogP contribution < -0.4 is 4.72 Å². The topological polar surface area (TPSA) is 66.5 Å². The summed E-state index contributed by atoms with van der Waals surface area (Å²) >= 11 is 0. The predicted octanol–water partition coefficient (Wildman–Crippen LogP) is 1.26. The molecule has 0 bridgehead atoms. The number of aryl methyl sites for hydroxylation is 2. The van der Waals surface area contributed by atoms with E-state index in [1.807, 2.05) is 0 Å². The molecule has 0 spiro atoms. The Morgan fingerprint density at radius 2 is 1.91 bits per heavy atom. The van der Waals surface area contributed by atoms with Crippen LogP contribution in [0.1, 0.15) is 36.0 Å². The number of amides is 1. The zero-order valence-electron chi connectivity index (χ0n) is 13.5. The van der Waals surface area contributed by atoms with Crippen molar-refractivity contribution in [2.45, 2.75) is 43.8 Å². The van der Waals surface area contributed by atoms with Crippen molar-refractivity contribution in [1.82, 2.24) is 9.62 Å². The van der Waals surface area contributed by atoms with E-state index >= 15 is 0 Å². The summed E-state index contributed by atoms with van der Waals surface area (Å²) in [6, 6.07) is 6.37. The van der Waals surface area contributed by atoms with E-state index in [4.69, 9.17) is 0 Å². The molecule has 0 saturated carbocycles. The Morgan fingerprint density at radius 3 is 2.61 bits per heavy atom. The molecular formula is C17H24N2O3S. The second-order valence-electron chi connectivity index (χ2n) is 6.46. The van der Waals surface area contributed by atoms with Gasteiger partial charge >= 0.3 is 0 Å². The van der Waals surface area contributed by atoms with Crippen LogP contribution in [0.4, 0.5) is 0 Å². The minimum atomic E-state index is -3.22. The standard InChI is InChI=1S/C17H24N2O3S/c1-18-23(21,22)16-7-9-19(10-8-16)17(20)12-13-5-6-14-3-2-4-15(14)11-13/h5-6,11,16,18H,2-4,7-10,12H2,1H3. The quantitative estimate of drug-likeness (QED) is 0.900. The van der Waals surface area contributed by atoms with Gasteiger partial charge in [-0.2, -0.15) is 0 Å². The van der Waals surface area contributed by atoms with Crippen LogP contribution in [-0.4, -0.2) is 44.6 Å². The molecule has 5 nitrogen and oxygen atoms in total. The number of benzene rings is 1. The molecule has 1 amide bonds. The maximum absolute atomic E-state index is 12.5. The van der Waals surface area contributed by atoms with E-state index in [0.29, 0.717) is 32.4 Å². The lowest BCUT2D eigenvalue weighted by Gasteiger charge is -2.31. The summed E-state index contributed by atoms with van der Waals surface area (Å²) in [7, 11) is -1.78. The van der Waals surface area contributed by atoms with Crippen LogP contribution >= 0.6 is 0 Å². The van der Waals surface area contributed by atoms with Gasteiger partial charge < -0.3 is 4.90 Å². The van der Waals surface area contributed by atoms with Gasteiger partial charge in [-0.1, -0.05) is 18.2 Å². The highest BCUT2D eigenvalue weighted by molar-refractivity contribution is 7.90. The number of rotatable bonds is 4. The summed E-state index contributed by atoms with van der Waals surface area (Å²) in [6.07, 6.45) is 4.91. The highest BCUT2D eigenvalue weighted by atomic mass is 32.2. The summed E-state index contributed by atoms with van der Waals surface area (Å²) in [4.78, 5) is 14.3. The van der Waals surface area contributed by atoms with Crippen LogP contribution in [0.3, 0.4) is 0 Å². The first-order valence-corrected chi connectivity index (χ1v) is 9.85. The first kappa shape index (κ1) is 16.5. The molecule has 2 aliphatic rings. The van der Waals surface area contributed by atoms with Gasteiger partial charge in [-0.15, -0.1) is 0 Å². The average molecular weight is 336 g/mol. The van der Waals surface area contributed by atoms with E-state index in [1.54, 1.807) is 4.90 Å². The van der Waals surface area contributed by atoms with Crippen LogP contribution in [0.5, 0.6) is 0 Å². The highest BCUT2D eigenvalue weighted by Crippen LogP contribution is 2.24. The summed E-state index contributed by atoms with van der Waals surface area (Å²) in [5.74, 6) is 0.100. The van der Waals surface area contributed by atoms with Crippen molar-refractivity contribution in [3.63, 3.8) is 0 Å². The molecule has 126 valence electrons. The lowest BCUT2D eigenvalue weighted by atomic mass is 10.0. The van der Waals surface area contributed by atoms with Crippen molar-refractivity contribution in [3.05, 3.63) is 34.9 Å². The molecule has 1 aliphatic heterocycles. The molecule has 0 radical (unpaired) electrons. The van der Waals surface area contributed by atoms with Crippen molar-refractivity contribution in [1.29, 1.82) is 0 Å². The lowest BCUT2D eigenvalue weighted by molar-refractivity contribution is -0.131. The fraction of sp³-hybridized carbons (Fsp3) is 0.588. The van der Waals surface area contributed by atoms with E-state index in [9.17, 15) is 13.2 Å². The van der Waals surface area contributed by atoms with Crippen molar-refractivity contribution < 1.29 is 13.2 Å². The Bertz CT molecular complexity index is 692. The van der Waals surface area contributed by atoms with Crippen molar-refractivity contribution in [2.24, 2.45) is 0 Å². The van der Waals surface area contributed by atoms with Gasteiger partial charge in [0.15, 0.2) is 0 Å². The second kappa shape index (κ2) is 6.61. The van der Waals surface area contributed by atoms with Gasteiger partial charge in [0, 0.05) is 13.1 Å². The molecule has 3 rings (SSSR count). The number of piperidine rings is 1. The number of carbonyl (C=O) groups excluding carboxylic acids is 1. The lowest BCUT2D eigenvalue weighted by Crippen LogP contribution is -2.45. The van der Waals surface area contributed by atoms with E-state index in [-0.39, 0.29) is 11.2 Å². The SMILES string of the molecule is CNS(=O)(=O)C1CCN(C(=O)Cc2ccc3c(c2)CCC3)CC1. The van der Waals surface area contributed by atoms with Gasteiger partial charge in [-0.25, -0.2) is 13.1 Å². The van der Waals surface area contributed by atoms with Gasteiger partial charge in [0.1, 0.15) is 0 Å². The molecular weight excluding hydrogens is 312 g/mol. The number of nitrogens with one attached hydrogen (secondary N) is 1. The van der Waals surface area contributed by atoms with Crippen LogP contribution in [0.25, 0.3) is 0 Å². The third kappa shape index (κ3) is 3.58. The molecule has 1 saturated heterocycles. The maximum Gasteiger partial charge on any atom is 0.226 e. The Kier molecular flexibility index (Phi) is 4.73. The van der Waals surface area contributed by atoms with E-state index in [0.717, 1.165) is 18.4 Å². The fourth-order valence-corrected chi connectivity index (χ4v) is 4.77. The Balaban J connectivity index is 1.58. The van der Waals surface area contributed by atoms with Gasteiger partial charge in [0.05, 0.1) is 11.7 Å². The predicted molar refractivity (Wildman–Crippen MR) is 89.8 cm³/mol. The molecule has 1 heterocycles. The number of nitrogens with zero attached hydrogens (tertiary/aromatic N) is 1. The first-order chi connectivity index (χ1) is 11.0. The molecule has 1 aliphatic carbocycles. The number of hydrogen-bond donors (Lipinski definition) is 1. The van der Waals surface area contributed by atoms with Gasteiger partial charge in [-0.3, -0.25) is 4.79 Å². The second-order valence-corrected chi connectivity index (χ2v) is 8.63. The van der Waals surface area contributed by atoms with Crippen LogP contribution in [0.2, 0.25) is 0 Å². The van der Waals surface area contributed by atoms with Crippen molar-refractivity contribution in [3.8, 4) is 0 Å². The molecule has 1 aromatic carbocycles. The summed E-state index contributed by atoms with van der Waals surface area (Å²) in [5.41, 5.74) is 3.87. The summed E-state index contributed by atoms with van der Waals surface area (Å²) in [5, 5.41) is -0.378. The molecule has 1 aromatic rings. The molecule has 1 fully saturated rings. The molecule has 1 N–H and O–H groups in total. The van der Waals surface area contributed by atoms with Crippen LogP contribution in [0, 0.1) is 0 Å². The van der Waals surface area contributed by atoms with Gasteiger partial charge in [-0.05, 0) is 55.8 Å². The van der Waals surface area contributed by atoms with E-state index < -0.39 is 10.0 Å². The minimum absolute atomic E-state index is 0.100. The number of likely N-dealkylation sites (tertiary alicyclic amines) is 1. The monoisotopic (exact) mass is 336 g/mol. The molecule has 23 heavy (non-hydrogen) atoms. The van der Waals surface area contributed by atoms with Crippen LogP contribution in [-0.2, 0) is 34.1 Å². The van der Waals surface area contributed by atoms with Gasteiger partial charge in [0.25, 0.3) is 0 Å². The number of sulfonamides is 1. The average Bonchev–Trinajstić information content (AvgIpc) is 3.02. The zero-order valence-corrected chi connectivity index (χ0v) is 14.4. The van der Waals surface area contributed by atoms with Crippen molar-refractivity contribution >= 4 is 15.9 Å². The van der Waals surface area contributed by atoms with E-state index in [2.05, 4.69) is 22.9 Å². The third-order valence-electron chi connectivity index (χ3n) is 5.04. The number of hydrogen-bond acceptors (Lipinski definition) is 3. The fourth-order valence-electron chi connectivity index (χ4n) is 3.60. The maximum atomic E-state index is 12.5. The first-order valence-electron chi connectivity index (χ1n) is 8.30. The van der Waals surface area contributed by atoms with Crippen molar-refractivity contribution in [2.75, 3.05) is 20.1 Å². The molecule has 0 atom stereocenters. The van der Waals surface area contributed by atoms with Gasteiger partial charge in [0.2, 0.25) is 15.9 Å². The van der Waals surface area contributed by atoms with E-state index in [1.165, 1.54) is 24.6 Å². The Morgan fingerprint density at radius 1 is 1.22 bits per heavy atom. The minimum Gasteiger partial charge on any atom is -0.342 e. The largest absolute Gasteiger partial charge is 0.342 e. The summed E-state index contributed by atoms with van der Waals surface area (Å²) < 4.78 is 26.0. The zero-order chi connectivity index (χ0) is 16.4. The Hall–Kier alpha value is -1.40. The number of carbonyl (C=O) groups is 1. The normalized spacial score (nSPS) is 18.9. The smallest absolute Gasteiger partial charge is 0.226 e. The summed E-state index contributed by atoms with van der Waals surface area (Å²) in [6.45, 7) is 1.05. The number of fused-ring (bicyclic) bond motifs is 1. The van der Waals surface area contributed by atoms with Crippen LogP contribution in [0.15, 0.2) is 18.2 Å². The Labute approximate surface area is 138 Å². The third-order valence-corrected chi connectivity index (χ3v) is 6.95. The molecule has 0 aromatic heterocycles. The molecule has 6 heteroatoms. The molecule has 0 unspecified atom stereocenters. The highest BCUT2D eigenvalue weighted by Gasteiger charge is 2.30.